The SMILES string of the molecule is COC(=O)NC(C(=O)N1CC2C3CC(F)C(C3)C2C1C(=O)N1CC2(CC1C#N)C(=O)Nc1ncccc12)C(C)(C)C. The molecule has 0 aromatic carbocycles. The summed E-state index contributed by atoms with van der Waals surface area (Å²) in [5, 5.41) is 15.6. The number of nitrogens with zero attached hydrogens (tertiary/aromatic N) is 4. The lowest BCUT2D eigenvalue weighted by Crippen LogP contribution is -2.59. The number of nitrogens with one attached hydrogen (secondary N) is 2. The van der Waals surface area contributed by atoms with Crippen LogP contribution in [0.15, 0.2) is 18.3 Å². The summed E-state index contributed by atoms with van der Waals surface area (Å²) in [6, 6.07) is 2.77. The van der Waals surface area contributed by atoms with Crippen molar-refractivity contribution in [2.75, 3.05) is 25.5 Å². The van der Waals surface area contributed by atoms with Crippen LogP contribution in [0.3, 0.4) is 0 Å². The first-order chi connectivity index (χ1) is 19.4. The van der Waals surface area contributed by atoms with Gasteiger partial charge in [0.05, 0.1) is 18.6 Å². The number of carbonyl (C=O) groups excluding carboxylic acids is 4. The van der Waals surface area contributed by atoms with Gasteiger partial charge in [-0.2, -0.15) is 5.26 Å². The van der Waals surface area contributed by atoms with Gasteiger partial charge in [-0.05, 0) is 48.0 Å². The van der Waals surface area contributed by atoms with Gasteiger partial charge in [0.25, 0.3) is 0 Å². The van der Waals surface area contributed by atoms with Crippen LogP contribution < -0.4 is 10.6 Å². The monoisotopic (exact) mass is 566 g/mol. The molecule has 41 heavy (non-hydrogen) atoms. The third-order valence-electron chi connectivity index (χ3n) is 10.1. The lowest BCUT2D eigenvalue weighted by molar-refractivity contribution is -0.148. The molecule has 4 amide bonds. The van der Waals surface area contributed by atoms with Gasteiger partial charge in [-0.15, -0.1) is 0 Å². The summed E-state index contributed by atoms with van der Waals surface area (Å²) in [7, 11) is 1.21. The molecule has 4 heterocycles. The zero-order chi connectivity index (χ0) is 29.4. The number of alkyl halides is 1. The number of amides is 4. The largest absolute Gasteiger partial charge is 0.453 e. The molecule has 2 saturated heterocycles. The van der Waals surface area contributed by atoms with E-state index in [1.165, 1.54) is 16.9 Å². The molecule has 12 heteroatoms. The molecule has 1 aromatic heterocycles. The highest BCUT2D eigenvalue weighted by Crippen LogP contribution is 2.59. The molecule has 0 radical (unpaired) electrons. The predicted molar refractivity (Wildman–Crippen MR) is 143 cm³/mol. The first-order valence-corrected chi connectivity index (χ1v) is 14.2. The molecule has 9 atom stereocenters. The van der Waals surface area contributed by atoms with E-state index in [9.17, 15) is 24.4 Å². The van der Waals surface area contributed by atoms with E-state index in [-0.39, 0.29) is 43.2 Å². The van der Waals surface area contributed by atoms with Crippen molar-refractivity contribution < 1.29 is 28.3 Å². The molecule has 3 aliphatic heterocycles. The molecule has 1 aromatic rings. The molecule has 6 rings (SSSR count). The molecular formula is C29H35FN6O5. The highest BCUT2D eigenvalue weighted by molar-refractivity contribution is 6.06. The van der Waals surface area contributed by atoms with E-state index in [0.29, 0.717) is 24.2 Å². The molecule has 1 spiro atoms. The third kappa shape index (κ3) is 3.99. The number of rotatable bonds is 3. The summed E-state index contributed by atoms with van der Waals surface area (Å²) in [6.45, 7) is 5.65. The number of alkyl carbamates (subject to hydrolysis) is 1. The number of carbonyl (C=O) groups is 4. The number of halogens is 1. The van der Waals surface area contributed by atoms with Crippen molar-refractivity contribution in [3.63, 3.8) is 0 Å². The molecule has 2 aliphatic carbocycles. The van der Waals surface area contributed by atoms with Gasteiger partial charge in [-0.1, -0.05) is 26.8 Å². The van der Waals surface area contributed by atoms with E-state index in [2.05, 4.69) is 21.7 Å². The van der Waals surface area contributed by atoms with Crippen LogP contribution >= 0.6 is 0 Å². The Morgan fingerprint density at radius 3 is 2.71 bits per heavy atom. The minimum absolute atomic E-state index is 0.0409. The highest BCUT2D eigenvalue weighted by atomic mass is 19.1. The lowest BCUT2D eigenvalue weighted by atomic mass is 9.77. The van der Waals surface area contributed by atoms with Gasteiger partial charge in [-0.3, -0.25) is 14.4 Å². The first-order valence-electron chi connectivity index (χ1n) is 14.2. The van der Waals surface area contributed by atoms with Gasteiger partial charge in [0.1, 0.15) is 30.1 Å². The Bertz CT molecular complexity index is 1360. The second-order valence-corrected chi connectivity index (χ2v) is 13.3. The predicted octanol–water partition coefficient (Wildman–Crippen LogP) is 1.99. The van der Waals surface area contributed by atoms with Crippen LogP contribution in [0.2, 0.25) is 0 Å². The number of aromatic nitrogens is 1. The summed E-state index contributed by atoms with van der Waals surface area (Å²) in [6.07, 6.45) is 0.911. The number of pyridine rings is 1. The fourth-order valence-corrected chi connectivity index (χ4v) is 8.26. The normalized spacial score (nSPS) is 35.6. The summed E-state index contributed by atoms with van der Waals surface area (Å²) in [5.41, 5.74) is -1.22. The van der Waals surface area contributed by atoms with E-state index >= 15 is 4.39 Å². The lowest BCUT2D eigenvalue weighted by Gasteiger charge is -2.38. The summed E-state index contributed by atoms with van der Waals surface area (Å²) in [4.78, 5) is 61.4. The Balaban J connectivity index is 1.37. The molecule has 5 aliphatic rings. The summed E-state index contributed by atoms with van der Waals surface area (Å²) in [5.74, 6) is -1.57. The molecule has 4 fully saturated rings. The van der Waals surface area contributed by atoms with Crippen molar-refractivity contribution in [1.82, 2.24) is 20.1 Å². The maximum absolute atomic E-state index is 15.2. The number of methoxy groups -OCH3 is 1. The molecule has 218 valence electrons. The highest BCUT2D eigenvalue weighted by Gasteiger charge is 2.65. The van der Waals surface area contributed by atoms with Gasteiger partial charge in [0, 0.05) is 31.3 Å². The fourth-order valence-electron chi connectivity index (χ4n) is 8.26. The second kappa shape index (κ2) is 9.39. The van der Waals surface area contributed by atoms with Gasteiger partial charge < -0.3 is 25.2 Å². The quantitative estimate of drug-likeness (QED) is 0.569. The molecular weight excluding hydrogens is 531 g/mol. The number of ether oxygens (including phenoxy) is 1. The maximum atomic E-state index is 15.2. The van der Waals surface area contributed by atoms with Crippen molar-refractivity contribution in [2.24, 2.45) is 29.1 Å². The van der Waals surface area contributed by atoms with Gasteiger partial charge in [0.15, 0.2) is 0 Å². The molecule has 9 unspecified atom stereocenters. The van der Waals surface area contributed by atoms with Crippen LogP contribution in [0.1, 0.15) is 45.6 Å². The number of nitriles is 1. The van der Waals surface area contributed by atoms with Crippen LogP contribution in [0.25, 0.3) is 0 Å². The summed E-state index contributed by atoms with van der Waals surface area (Å²) < 4.78 is 19.9. The van der Waals surface area contributed by atoms with E-state index in [1.54, 1.807) is 39.1 Å². The average molecular weight is 567 g/mol. The fraction of sp³-hybridized carbons (Fsp3) is 0.655. The number of hydrogen-bond acceptors (Lipinski definition) is 7. The van der Waals surface area contributed by atoms with Crippen molar-refractivity contribution in [2.45, 2.75) is 69.7 Å². The van der Waals surface area contributed by atoms with Crippen molar-refractivity contribution >= 4 is 29.6 Å². The standard InChI is InChI=1S/C29H35FN6O5/c1-28(2,3)22(33-27(40)41-4)25(38)35-12-17-14-8-16(19(30)9-14)20(17)21(35)24(37)36-13-29(10-15(36)11-31)18-6-5-7-32-23(18)34-26(29)39/h5-7,14-17,19-22H,8-10,12-13H2,1-4H3,(H,33,40)(H,32,34,39). The van der Waals surface area contributed by atoms with E-state index in [0.717, 1.165) is 0 Å². The van der Waals surface area contributed by atoms with Crippen molar-refractivity contribution in [3.8, 4) is 6.07 Å². The van der Waals surface area contributed by atoms with E-state index < -0.39 is 59.0 Å². The van der Waals surface area contributed by atoms with Crippen LogP contribution in [-0.2, 0) is 24.5 Å². The van der Waals surface area contributed by atoms with Crippen LogP contribution in [-0.4, -0.2) is 83.1 Å². The Labute approximate surface area is 237 Å². The number of anilines is 1. The second-order valence-electron chi connectivity index (χ2n) is 13.3. The van der Waals surface area contributed by atoms with Gasteiger partial charge >= 0.3 is 6.09 Å². The van der Waals surface area contributed by atoms with Crippen molar-refractivity contribution in [1.29, 1.82) is 5.26 Å². The zero-order valence-electron chi connectivity index (χ0n) is 23.6. The zero-order valence-corrected chi connectivity index (χ0v) is 23.6. The van der Waals surface area contributed by atoms with E-state index in [1.807, 2.05) is 0 Å². The smallest absolute Gasteiger partial charge is 0.407 e. The van der Waals surface area contributed by atoms with Gasteiger partial charge in [0.2, 0.25) is 17.7 Å². The summed E-state index contributed by atoms with van der Waals surface area (Å²) >= 11 is 0. The molecule has 11 nitrogen and oxygen atoms in total. The molecule has 2 bridgehead atoms. The average Bonchev–Trinajstić information content (AvgIpc) is 3.72. The minimum Gasteiger partial charge on any atom is -0.453 e. The molecule has 2 N–H and O–H groups in total. The van der Waals surface area contributed by atoms with Crippen LogP contribution in [0, 0.1) is 40.4 Å². The Morgan fingerprint density at radius 1 is 1.27 bits per heavy atom. The maximum Gasteiger partial charge on any atom is 0.407 e. The Morgan fingerprint density at radius 2 is 2.02 bits per heavy atom. The van der Waals surface area contributed by atoms with Crippen LogP contribution in [0.5, 0.6) is 0 Å². The Kier molecular flexibility index (Phi) is 6.28. The molecule has 2 saturated carbocycles. The Hall–Kier alpha value is -3.75. The number of hydrogen-bond donors (Lipinski definition) is 2. The first kappa shape index (κ1) is 27.4. The van der Waals surface area contributed by atoms with Crippen molar-refractivity contribution in [3.05, 3.63) is 23.9 Å². The van der Waals surface area contributed by atoms with Gasteiger partial charge in [-0.25, -0.2) is 14.2 Å². The minimum atomic E-state index is -1.13. The number of likely N-dealkylation sites (tertiary alicyclic amines) is 2. The number of fused-ring (bicyclic) bond motifs is 7. The third-order valence-corrected chi connectivity index (χ3v) is 10.1. The van der Waals surface area contributed by atoms with E-state index in [4.69, 9.17) is 4.74 Å². The topological polar surface area (TPSA) is 145 Å². The van der Waals surface area contributed by atoms with Crippen LogP contribution in [0.4, 0.5) is 15.0 Å².